The van der Waals surface area contributed by atoms with Crippen molar-refractivity contribution in [1.29, 1.82) is 0 Å². The second kappa shape index (κ2) is 8.06. The van der Waals surface area contributed by atoms with E-state index >= 15 is 0 Å². The fraction of sp³-hybridized carbons (Fsp3) is 0.389. The summed E-state index contributed by atoms with van der Waals surface area (Å²) in [5, 5.41) is 8.97. The smallest absolute Gasteiger partial charge is 0.205 e. The number of aromatic nitrogens is 1. The molecule has 0 saturated carbocycles. The molecule has 5 heteroatoms. The number of hydrogen-bond acceptors (Lipinski definition) is 5. The van der Waals surface area contributed by atoms with Gasteiger partial charge >= 0.3 is 0 Å². The molecule has 0 radical (unpaired) electrons. The first kappa shape index (κ1) is 15.9. The van der Waals surface area contributed by atoms with Gasteiger partial charge in [0.25, 0.3) is 0 Å². The van der Waals surface area contributed by atoms with Gasteiger partial charge < -0.3 is 19.3 Å². The van der Waals surface area contributed by atoms with Crippen LogP contribution in [0.4, 0.5) is 0 Å². The molecule has 1 aliphatic heterocycles. The minimum atomic E-state index is -0.477. The lowest BCUT2D eigenvalue weighted by Gasteiger charge is -2.16. The quantitative estimate of drug-likeness (QED) is 0.851. The molecule has 3 rings (SSSR count). The second-order valence-corrected chi connectivity index (χ2v) is 5.36. The molecule has 0 aliphatic carbocycles. The molecule has 5 nitrogen and oxygen atoms in total. The van der Waals surface area contributed by atoms with Gasteiger partial charge in [0.15, 0.2) is 0 Å². The number of rotatable bonds is 7. The molecule has 0 amide bonds. The van der Waals surface area contributed by atoms with Crippen molar-refractivity contribution in [1.82, 2.24) is 4.98 Å². The molecule has 2 aromatic rings. The van der Waals surface area contributed by atoms with Gasteiger partial charge in [-0.25, -0.2) is 4.98 Å². The molecule has 122 valence electrons. The zero-order valence-electron chi connectivity index (χ0n) is 13.0. The van der Waals surface area contributed by atoms with E-state index in [1.807, 2.05) is 42.5 Å². The number of hydrogen-bond donors (Lipinski definition) is 1. The van der Waals surface area contributed by atoms with Crippen LogP contribution in [0, 0.1) is 0 Å². The van der Waals surface area contributed by atoms with Crippen molar-refractivity contribution >= 4 is 0 Å². The van der Waals surface area contributed by atoms with Gasteiger partial charge in [0.1, 0.15) is 18.1 Å². The Morgan fingerprint density at radius 2 is 1.87 bits per heavy atom. The maximum absolute atomic E-state index is 8.97. The van der Waals surface area contributed by atoms with E-state index < -0.39 is 6.29 Å². The van der Waals surface area contributed by atoms with Crippen molar-refractivity contribution in [2.45, 2.75) is 25.7 Å². The van der Waals surface area contributed by atoms with Crippen molar-refractivity contribution in [3.05, 3.63) is 59.4 Å². The normalized spacial score (nSPS) is 15.0. The van der Waals surface area contributed by atoms with Gasteiger partial charge in [-0.2, -0.15) is 0 Å². The van der Waals surface area contributed by atoms with Gasteiger partial charge in [-0.15, -0.1) is 0 Å². The molecule has 1 fully saturated rings. The van der Waals surface area contributed by atoms with E-state index in [1.165, 1.54) is 0 Å². The van der Waals surface area contributed by atoms with Gasteiger partial charge in [0.2, 0.25) is 6.29 Å². The maximum atomic E-state index is 8.97. The predicted octanol–water partition coefficient (Wildman–Crippen LogP) is 2.63. The molecule has 0 spiro atoms. The Morgan fingerprint density at radius 1 is 1.09 bits per heavy atom. The Bertz CT molecular complexity index is 612. The van der Waals surface area contributed by atoms with Crippen LogP contribution in [0.1, 0.15) is 29.7 Å². The molecule has 0 unspecified atom stereocenters. The first-order chi connectivity index (χ1) is 11.4. The summed E-state index contributed by atoms with van der Waals surface area (Å²) < 4.78 is 17.1. The molecule has 0 bridgehead atoms. The number of aliphatic hydroxyl groups is 1. The number of aliphatic hydroxyl groups excluding tert-OH is 1. The molecule has 1 aliphatic rings. The fourth-order valence-corrected chi connectivity index (χ4v) is 2.45. The highest BCUT2D eigenvalue weighted by atomic mass is 16.7. The van der Waals surface area contributed by atoms with Crippen LogP contribution in [0.3, 0.4) is 0 Å². The molecule has 1 aromatic heterocycles. The summed E-state index contributed by atoms with van der Waals surface area (Å²) >= 11 is 0. The standard InChI is InChI=1S/C18H21NO4/c20-10-4-7-15-8-9-16(17(19-15)18-21-11-12-22-18)23-13-14-5-2-1-3-6-14/h1-3,5-6,8-9,18,20H,4,7,10-13H2. The van der Waals surface area contributed by atoms with E-state index in [-0.39, 0.29) is 6.61 Å². The predicted molar refractivity (Wildman–Crippen MR) is 85.1 cm³/mol. The largest absolute Gasteiger partial charge is 0.487 e. The van der Waals surface area contributed by atoms with E-state index in [2.05, 4.69) is 4.98 Å². The molecule has 1 saturated heterocycles. The van der Waals surface area contributed by atoms with E-state index in [0.717, 1.165) is 17.7 Å². The summed E-state index contributed by atoms with van der Waals surface area (Å²) in [5.41, 5.74) is 2.67. The molecule has 2 heterocycles. The average molecular weight is 315 g/mol. The third kappa shape index (κ3) is 4.28. The third-order valence-corrected chi connectivity index (χ3v) is 3.62. The average Bonchev–Trinajstić information content (AvgIpc) is 3.14. The van der Waals surface area contributed by atoms with Gasteiger partial charge in [-0.1, -0.05) is 30.3 Å². The second-order valence-electron chi connectivity index (χ2n) is 5.36. The van der Waals surface area contributed by atoms with Crippen molar-refractivity contribution in [3.8, 4) is 5.75 Å². The SMILES string of the molecule is OCCCc1ccc(OCc2ccccc2)c(C2OCCO2)n1. The summed E-state index contributed by atoms with van der Waals surface area (Å²) in [7, 11) is 0. The van der Waals surface area contributed by atoms with E-state index in [1.54, 1.807) is 0 Å². The van der Waals surface area contributed by atoms with Gasteiger partial charge in [0.05, 0.1) is 13.2 Å². The van der Waals surface area contributed by atoms with E-state index in [4.69, 9.17) is 19.3 Å². The molecule has 1 N–H and O–H groups in total. The lowest BCUT2D eigenvalue weighted by Crippen LogP contribution is -2.08. The number of benzene rings is 1. The first-order valence-electron chi connectivity index (χ1n) is 7.87. The van der Waals surface area contributed by atoms with Crippen LogP contribution < -0.4 is 4.74 Å². The van der Waals surface area contributed by atoms with Crippen LogP contribution in [0.25, 0.3) is 0 Å². The monoisotopic (exact) mass is 315 g/mol. The highest BCUT2D eigenvalue weighted by molar-refractivity contribution is 5.31. The van der Waals surface area contributed by atoms with Crippen LogP contribution in [0.5, 0.6) is 5.75 Å². The maximum Gasteiger partial charge on any atom is 0.205 e. The Kier molecular flexibility index (Phi) is 5.58. The van der Waals surface area contributed by atoms with Crippen LogP contribution >= 0.6 is 0 Å². The Balaban J connectivity index is 1.76. The Hall–Kier alpha value is -1.95. The Morgan fingerprint density at radius 3 is 2.61 bits per heavy atom. The lowest BCUT2D eigenvalue weighted by molar-refractivity contribution is -0.0493. The first-order valence-corrected chi connectivity index (χ1v) is 7.87. The van der Waals surface area contributed by atoms with Gasteiger partial charge in [0, 0.05) is 12.3 Å². The molecule has 23 heavy (non-hydrogen) atoms. The van der Waals surface area contributed by atoms with Crippen LogP contribution in [0.2, 0.25) is 0 Å². The van der Waals surface area contributed by atoms with Crippen molar-refractivity contribution in [3.63, 3.8) is 0 Å². The molecular formula is C18H21NO4. The van der Waals surface area contributed by atoms with Gasteiger partial charge in [-0.3, -0.25) is 0 Å². The Labute approximate surface area is 135 Å². The van der Waals surface area contributed by atoms with Gasteiger partial charge in [-0.05, 0) is 30.5 Å². The summed E-state index contributed by atoms with van der Waals surface area (Å²) in [6.07, 6.45) is 0.924. The number of nitrogens with zero attached hydrogens (tertiary/aromatic N) is 1. The fourth-order valence-electron chi connectivity index (χ4n) is 2.45. The van der Waals surface area contributed by atoms with Crippen LogP contribution in [-0.4, -0.2) is 29.9 Å². The zero-order valence-corrected chi connectivity index (χ0v) is 13.0. The van der Waals surface area contributed by atoms with Crippen molar-refractivity contribution < 1.29 is 19.3 Å². The van der Waals surface area contributed by atoms with E-state index in [9.17, 15) is 0 Å². The van der Waals surface area contributed by atoms with Crippen molar-refractivity contribution in [2.75, 3.05) is 19.8 Å². The highest BCUT2D eigenvalue weighted by Crippen LogP contribution is 2.30. The minimum Gasteiger partial charge on any atom is -0.487 e. The van der Waals surface area contributed by atoms with E-state index in [0.29, 0.717) is 37.7 Å². The zero-order chi connectivity index (χ0) is 15.9. The third-order valence-electron chi connectivity index (χ3n) is 3.62. The minimum absolute atomic E-state index is 0.152. The topological polar surface area (TPSA) is 60.8 Å². The number of aryl methyl sites for hydroxylation is 1. The highest BCUT2D eigenvalue weighted by Gasteiger charge is 2.24. The summed E-state index contributed by atoms with van der Waals surface area (Å²) in [6, 6.07) is 13.8. The molecule has 1 aromatic carbocycles. The molecule has 0 atom stereocenters. The summed E-state index contributed by atoms with van der Waals surface area (Å²) in [6.45, 7) is 1.74. The summed E-state index contributed by atoms with van der Waals surface area (Å²) in [5.74, 6) is 0.675. The van der Waals surface area contributed by atoms with Crippen molar-refractivity contribution in [2.24, 2.45) is 0 Å². The number of pyridine rings is 1. The van der Waals surface area contributed by atoms with Crippen LogP contribution in [-0.2, 0) is 22.5 Å². The van der Waals surface area contributed by atoms with Crippen LogP contribution in [0.15, 0.2) is 42.5 Å². The summed E-state index contributed by atoms with van der Waals surface area (Å²) in [4.78, 5) is 4.62. The molecular weight excluding hydrogens is 294 g/mol. The lowest BCUT2D eigenvalue weighted by atomic mass is 10.2. The number of ether oxygens (including phenoxy) is 3.